The number of aromatic nitrogens is 1. The number of aryl methyl sites for hydroxylation is 2. The molecule has 0 saturated heterocycles. The minimum Gasteiger partial charge on any atom is -0.309 e. The van der Waals surface area contributed by atoms with E-state index < -0.39 is 0 Å². The van der Waals surface area contributed by atoms with Gasteiger partial charge in [0.15, 0.2) is 5.13 Å². The number of halogens is 1. The monoisotopic (exact) mass is 415 g/mol. The molecule has 1 amide bonds. The minimum absolute atomic E-state index is 0.0280. The Morgan fingerprint density at radius 2 is 1.86 bits per heavy atom. The molecule has 0 bridgehead atoms. The van der Waals surface area contributed by atoms with Gasteiger partial charge in [0, 0.05) is 11.6 Å². The van der Waals surface area contributed by atoms with Gasteiger partial charge in [0.1, 0.15) is 0 Å². The second-order valence-corrected chi connectivity index (χ2v) is 8.74. The molecule has 3 rings (SSSR count). The van der Waals surface area contributed by atoms with Gasteiger partial charge < -0.3 is 4.90 Å². The van der Waals surface area contributed by atoms with E-state index in [9.17, 15) is 4.79 Å². The fourth-order valence-corrected chi connectivity index (χ4v) is 4.37. The summed E-state index contributed by atoms with van der Waals surface area (Å²) in [5.74, 6) is 0.0280. The number of fused-ring (bicyclic) bond motifs is 1. The predicted octanol–water partition coefficient (Wildman–Crippen LogP) is 5.09. The van der Waals surface area contributed by atoms with Crippen LogP contribution in [-0.4, -0.2) is 43.0 Å². The highest BCUT2D eigenvalue weighted by atomic mass is 35.5. The van der Waals surface area contributed by atoms with Crippen molar-refractivity contribution in [3.8, 4) is 0 Å². The zero-order valence-corrected chi connectivity index (χ0v) is 18.4. The molecule has 0 aliphatic rings. The first kappa shape index (κ1) is 20.8. The topological polar surface area (TPSA) is 36.4 Å². The molecule has 2 aromatic carbocycles. The summed E-state index contributed by atoms with van der Waals surface area (Å²) < 4.78 is 1.11. The first-order valence-electron chi connectivity index (χ1n) is 9.42. The van der Waals surface area contributed by atoms with E-state index in [-0.39, 0.29) is 12.3 Å². The van der Waals surface area contributed by atoms with Crippen molar-refractivity contribution < 1.29 is 4.79 Å². The fraction of sp³-hybridized carbons (Fsp3) is 0.364. The van der Waals surface area contributed by atoms with Crippen LogP contribution in [0.4, 0.5) is 5.13 Å². The molecule has 0 radical (unpaired) electrons. The lowest BCUT2D eigenvalue weighted by atomic mass is 10.1. The summed E-state index contributed by atoms with van der Waals surface area (Å²) >= 11 is 7.85. The van der Waals surface area contributed by atoms with Crippen molar-refractivity contribution in [3.63, 3.8) is 0 Å². The van der Waals surface area contributed by atoms with Crippen LogP contribution >= 0.6 is 22.9 Å². The van der Waals surface area contributed by atoms with Crippen molar-refractivity contribution in [3.05, 3.63) is 58.1 Å². The Morgan fingerprint density at radius 3 is 2.57 bits per heavy atom. The molecule has 148 valence electrons. The molecule has 1 aromatic heterocycles. The zero-order valence-electron chi connectivity index (χ0n) is 16.8. The highest BCUT2D eigenvalue weighted by Gasteiger charge is 2.21. The van der Waals surface area contributed by atoms with Crippen molar-refractivity contribution in [2.45, 2.75) is 26.7 Å². The second-order valence-electron chi connectivity index (χ2n) is 7.32. The molecule has 0 fully saturated rings. The molecule has 3 aromatic rings. The van der Waals surface area contributed by atoms with Gasteiger partial charge in [0.05, 0.1) is 16.6 Å². The van der Waals surface area contributed by atoms with Crippen molar-refractivity contribution in [1.29, 1.82) is 0 Å². The van der Waals surface area contributed by atoms with Crippen LogP contribution in [0.1, 0.15) is 23.1 Å². The Hall–Kier alpha value is -1.95. The SMILES string of the molecule is Cc1ccc2sc(N(CCCN(C)C)C(=O)Cc3ccccc3Cl)nc2c1C. The number of rotatable bonds is 7. The van der Waals surface area contributed by atoms with Gasteiger partial charge in [-0.15, -0.1) is 0 Å². The van der Waals surface area contributed by atoms with Gasteiger partial charge in [-0.2, -0.15) is 0 Å². The molecular formula is C22H26ClN3OS. The van der Waals surface area contributed by atoms with Crippen LogP contribution in [0.5, 0.6) is 0 Å². The van der Waals surface area contributed by atoms with Crippen molar-refractivity contribution in [2.24, 2.45) is 0 Å². The zero-order chi connectivity index (χ0) is 20.3. The summed E-state index contributed by atoms with van der Waals surface area (Å²) in [6, 6.07) is 11.7. The Morgan fingerprint density at radius 1 is 1.11 bits per heavy atom. The highest BCUT2D eigenvalue weighted by Crippen LogP contribution is 2.32. The van der Waals surface area contributed by atoms with Crippen molar-refractivity contribution in [2.75, 3.05) is 32.1 Å². The lowest BCUT2D eigenvalue weighted by Gasteiger charge is -2.21. The van der Waals surface area contributed by atoms with E-state index >= 15 is 0 Å². The van der Waals surface area contributed by atoms with Crippen molar-refractivity contribution in [1.82, 2.24) is 9.88 Å². The average Bonchev–Trinajstić information content (AvgIpc) is 3.08. The molecule has 28 heavy (non-hydrogen) atoms. The van der Waals surface area contributed by atoms with Gasteiger partial charge in [-0.05, 0) is 69.7 Å². The van der Waals surface area contributed by atoms with E-state index in [1.54, 1.807) is 11.3 Å². The number of amides is 1. The number of benzene rings is 2. The normalized spacial score (nSPS) is 11.4. The molecule has 0 spiro atoms. The average molecular weight is 416 g/mol. The third-order valence-corrected chi connectivity index (χ3v) is 6.30. The summed E-state index contributed by atoms with van der Waals surface area (Å²) in [7, 11) is 4.08. The molecule has 0 saturated carbocycles. The summed E-state index contributed by atoms with van der Waals surface area (Å²) in [6.45, 7) is 5.73. The first-order chi connectivity index (χ1) is 13.4. The van der Waals surface area contributed by atoms with E-state index in [2.05, 4.69) is 30.9 Å². The molecule has 6 heteroatoms. The lowest BCUT2D eigenvalue weighted by molar-refractivity contribution is -0.118. The maximum Gasteiger partial charge on any atom is 0.233 e. The number of carbonyl (C=O) groups excluding carboxylic acids is 1. The maximum absolute atomic E-state index is 13.2. The number of anilines is 1. The summed E-state index contributed by atoms with van der Waals surface area (Å²) in [6.07, 6.45) is 1.16. The summed E-state index contributed by atoms with van der Waals surface area (Å²) in [4.78, 5) is 22.0. The van der Waals surface area contributed by atoms with Crippen LogP contribution in [-0.2, 0) is 11.2 Å². The third kappa shape index (κ3) is 4.72. The van der Waals surface area contributed by atoms with E-state index in [0.717, 1.165) is 33.9 Å². The largest absolute Gasteiger partial charge is 0.309 e. The molecule has 0 aliphatic heterocycles. The molecule has 0 atom stereocenters. The highest BCUT2D eigenvalue weighted by molar-refractivity contribution is 7.22. The maximum atomic E-state index is 13.2. The number of carbonyl (C=O) groups is 1. The van der Waals surface area contributed by atoms with Crippen LogP contribution in [0.2, 0.25) is 5.02 Å². The lowest BCUT2D eigenvalue weighted by Crippen LogP contribution is -2.34. The molecule has 4 nitrogen and oxygen atoms in total. The molecule has 1 heterocycles. The van der Waals surface area contributed by atoms with Gasteiger partial charge in [-0.3, -0.25) is 9.69 Å². The first-order valence-corrected chi connectivity index (χ1v) is 10.6. The number of nitrogens with zero attached hydrogens (tertiary/aromatic N) is 3. The van der Waals surface area contributed by atoms with Crippen LogP contribution in [0.25, 0.3) is 10.2 Å². The quantitative estimate of drug-likeness (QED) is 0.539. The van der Waals surface area contributed by atoms with Crippen LogP contribution in [0.3, 0.4) is 0 Å². The third-order valence-electron chi connectivity index (χ3n) is 4.89. The molecule has 0 N–H and O–H groups in total. The molecule has 0 unspecified atom stereocenters. The van der Waals surface area contributed by atoms with Crippen LogP contribution < -0.4 is 4.90 Å². The van der Waals surface area contributed by atoms with Crippen LogP contribution in [0, 0.1) is 13.8 Å². The fourth-order valence-electron chi connectivity index (χ4n) is 3.10. The van der Waals surface area contributed by atoms with E-state index in [4.69, 9.17) is 16.6 Å². The van der Waals surface area contributed by atoms with Gasteiger partial charge in [0.25, 0.3) is 0 Å². The Bertz CT molecular complexity index is 983. The van der Waals surface area contributed by atoms with Gasteiger partial charge in [-0.1, -0.05) is 47.2 Å². The predicted molar refractivity (Wildman–Crippen MR) is 120 cm³/mol. The summed E-state index contributed by atoms with van der Waals surface area (Å²) in [5, 5.41) is 1.39. The Kier molecular flexibility index (Phi) is 6.70. The second kappa shape index (κ2) is 9.03. The Labute approximate surface area is 175 Å². The van der Waals surface area contributed by atoms with E-state index in [1.165, 1.54) is 11.1 Å². The smallest absolute Gasteiger partial charge is 0.233 e. The number of hydrogen-bond donors (Lipinski definition) is 0. The van der Waals surface area contributed by atoms with Gasteiger partial charge in [-0.25, -0.2) is 4.98 Å². The van der Waals surface area contributed by atoms with Gasteiger partial charge in [0.2, 0.25) is 5.91 Å². The Balaban J connectivity index is 1.91. The van der Waals surface area contributed by atoms with E-state index in [1.807, 2.05) is 43.3 Å². The standard InChI is InChI=1S/C22H26ClN3OS/c1-15-10-11-19-21(16(15)2)24-22(28-19)26(13-7-12-25(3)4)20(27)14-17-8-5-6-9-18(17)23/h5-6,8-11H,7,12-14H2,1-4H3. The minimum atomic E-state index is 0.0280. The summed E-state index contributed by atoms with van der Waals surface area (Å²) in [5.41, 5.74) is 4.22. The van der Waals surface area contributed by atoms with Crippen molar-refractivity contribution >= 4 is 44.2 Å². The van der Waals surface area contributed by atoms with E-state index in [0.29, 0.717) is 11.6 Å². The molecular weight excluding hydrogens is 390 g/mol. The number of hydrogen-bond acceptors (Lipinski definition) is 4. The number of thiazole rings is 1. The molecule has 0 aliphatic carbocycles. The van der Waals surface area contributed by atoms with Crippen LogP contribution in [0.15, 0.2) is 36.4 Å². The van der Waals surface area contributed by atoms with Gasteiger partial charge >= 0.3 is 0 Å².